The minimum atomic E-state index is -4.58. The Bertz CT molecular complexity index is 643. The van der Waals surface area contributed by atoms with Crippen molar-refractivity contribution in [3.05, 3.63) is 23.0 Å². The molecule has 2 nitrogen and oxygen atoms in total. The van der Waals surface area contributed by atoms with Crippen LogP contribution < -0.4 is 4.74 Å². The van der Waals surface area contributed by atoms with Crippen LogP contribution >= 0.6 is 11.3 Å². The molecule has 0 aliphatic rings. The highest BCUT2D eigenvalue weighted by Gasteiger charge is 2.36. The predicted octanol–water partition coefficient (Wildman–Crippen LogP) is 5.27. The molecule has 1 heterocycles. The molecular weight excluding hydrogens is 306 g/mol. The van der Waals surface area contributed by atoms with Crippen LogP contribution in [0, 0.1) is 11.2 Å². The molecule has 0 aliphatic carbocycles. The zero-order valence-corrected chi connectivity index (χ0v) is 12.7. The van der Waals surface area contributed by atoms with Crippen molar-refractivity contribution in [1.82, 2.24) is 4.98 Å². The Morgan fingerprint density at radius 3 is 2.43 bits per heavy atom. The lowest BCUT2D eigenvalue weighted by Crippen LogP contribution is -2.11. The molecule has 0 spiro atoms. The summed E-state index contributed by atoms with van der Waals surface area (Å²) in [4.78, 5) is 3.49. The van der Waals surface area contributed by atoms with Crippen molar-refractivity contribution in [1.29, 1.82) is 0 Å². The maximum absolute atomic E-state index is 13.6. The molecule has 0 radical (unpaired) electrons. The molecule has 2 rings (SSSR count). The number of rotatable bonds is 3. The van der Waals surface area contributed by atoms with Crippen LogP contribution in [0.5, 0.6) is 5.75 Å². The molecule has 21 heavy (non-hydrogen) atoms. The Balaban J connectivity index is 2.32. The van der Waals surface area contributed by atoms with Crippen LogP contribution in [-0.4, -0.2) is 11.6 Å². The molecular formula is C14H15F4NOS. The Hall–Kier alpha value is -1.37. The van der Waals surface area contributed by atoms with Gasteiger partial charge in [-0.25, -0.2) is 9.37 Å². The highest BCUT2D eigenvalue weighted by molar-refractivity contribution is 7.18. The van der Waals surface area contributed by atoms with E-state index in [0.717, 1.165) is 12.5 Å². The van der Waals surface area contributed by atoms with Gasteiger partial charge in [0.15, 0.2) is 5.01 Å². The van der Waals surface area contributed by atoms with Gasteiger partial charge in [-0.1, -0.05) is 20.8 Å². The smallest absolute Gasteiger partial charge is 0.443 e. The fraction of sp³-hybridized carbons (Fsp3) is 0.500. The van der Waals surface area contributed by atoms with E-state index >= 15 is 0 Å². The molecule has 0 fully saturated rings. The topological polar surface area (TPSA) is 22.1 Å². The van der Waals surface area contributed by atoms with Crippen molar-refractivity contribution in [3.63, 3.8) is 0 Å². The third kappa shape index (κ3) is 3.84. The van der Waals surface area contributed by atoms with Crippen molar-refractivity contribution >= 4 is 21.6 Å². The highest BCUT2D eigenvalue weighted by Crippen LogP contribution is 2.39. The first kappa shape index (κ1) is 16.0. The lowest BCUT2D eigenvalue weighted by Gasteiger charge is -2.18. The molecule has 0 unspecified atom stereocenters. The van der Waals surface area contributed by atoms with Crippen molar-refractivity contribution in [3.8, 4) is 5.75 Å². The van der Waals surface area contributed by atoms with Crippen LogP contribution in [0.2, 0.25) is 0 Å². The summed E-state index contributed by atoms with van der Waals surface area (Å²) in [5.41, 5.74) is -0.0283. The Morgan fingerprint density at radius 1 is 1.19 bits per heavy atom. The average Bonchev–Trinajstić information content (AvgIpc) is 2.76. The van der Waals surface area contributed by atoms with Gasteiger partial charge in [-0.3, -0.25) is 0 Å². The van der Waals surface area contributed by atoms with Gasteiger partial charge in [0.2, 0.25) is 0 Å². The number of aromatic nitrogens is 1. The standard InChI is InChI=1S/C14H15F4NOS/c1-13(2,3)6-7-20-9-5-4-8(15)11-10(9)19-12(21-11)14(16,17)18/h4-5H,6-7H2,1-3H3. The zero-order valence-electron chi connectivity index (χ0n) is 11.8. The maximum Gasteiger partial charge on any atom is 0.443 e. The summed E-state index contributed by atoms with van der Waals surface area (Å²) in [5.74, 6) is -0.538. The minimum absolute atomic E-state index is 0.0400. The summed E-state index contributed by atoms with van der Waals surface area (Å²) in [5, 5.41) is -1.07. The van der Waals surface area contributed by atoms with Gasteiger partial charge in [0, 0.05) is 0 Å². The Labute approximate surface area is 123 Å². The SMILES string of the molecule is CC(C)(C)CCOc1ccc(F)c2sc(C(F)(F)F)nc12. The molecule has 0 saturated carbocycles. The molecule has 0 saturated heterocycles. The number of nitrogens with zero attached hydrogens (tertiary/aromatic N) is 1. The first-order valence-electron chi connectivity index (χ1n) is 6.37. The van der Waals surface area contributed by atoms with E-state index in [-0.39, 0.29) is 21.4 Å². The molecule has 1 aromatic heterocycles. The van der Waals surface area contributed by atoms with Crippen LogP contribution in [0.3, 0.4) is 0 Å². The van der Waals surface area contributed by atoms with Gasteiger partial charge in [0.25, 0.3) is 0 Å². The molecule has 0 atom stereocenters. The number of hydrogen-bond donors (Lipinski definition) is 0. The highest BCUT2D eigenvalue weighted by atomic mass is 32.1. The second-order valence-electron chi connectivity index (χ2n) is 5.90. The number of fused-ring (bicyclic) bond motifs is 1. The summed E-state index contributed by atoms with van der Waals surface area (Å²) in [6, 6.07) is 2.42. The lowest BCUT2D eigenvalue weighted by molar-refractivity contribution is -0.137. The van der Waals surface area contributed by atoms with Crippen LogP contribution in [0.4, 0.5) is 17.6 Å². The van der Waals surface area contributed by atoms with E-state index in [1.807, 2.05) is 20.8 Å². The van der Waals surface area contributed by atoms with E-state index in [1.54, 1.807) is 0 Å². The van der Waals surface area contributed by atoms with E-state index < -0.39 is 17.0 Å². The minimum Gasteiger partial charge on any atom is -0.491 e. The van der Waals surface area contributed by atoms with Crippen LogP contribution in [0.15, 0.2) is 12.1 Å². The van der Waals surface area contributed by atoms with Gasteiger partial charge < -0.3 is 4.74 Å². The third-order valence-electron chi connectivity index (χ3n) is 2.81. The van der Waals surface area contributed by atoms with Crippen LogP contribution in [0.1, 0.15) is 32.2 Å². The van der Waals surface area contributed by atoms with E-state index in [0.29, 0.717) is 17.9 Å². The summed E-state index contributed by atoms with van der Waals surface area (Å²) in [7, 11) is 0. The summed E-state index contributed by atoms with van der Waals surface area (Å²) in [6.07, 6.45) is -3.86. The first-order valence-corrected chi connectivity index (χ1v) is 7.18. The molecule has 0 bridgehead atoms. The quantitative estimate of drug-likeness (QED) is 0.719. The van der Waals surface area contributed by atoms with Crippen molar-refractivity contribution < 1.29 is 22.3 Å². The number of halogens is 4. The largest absolute Gasteiger partial charge is 0.491 e. The number of ether oxygens (including phenoxy) is 1. The van der Waals surface area contributed by atoms with Gasteiger partial charge >= 0.3 is 6.18 Å². The Kier molecular flexibility index (Phi) is 4.15. The third-order valence-corrected chi connectivity index (χ3v) is 3.92. The van der Waals surface area contributed by atoms with Crippen LogP contribution in [-0.2, 0) is 6.18 Å². The Morgan fingerprint density at radius 2 is 1.86 bits per heavy atom. The van der Waals surface area contributed by atoms with Crippen molar-refractivity contribution in [2.24, 2.45) is 5.41 Å². The second-order valence-corrected chi connectivity index (χ2v) is 6.90. The fourth-order valence-corrected chi connectivity index (χ4v) is 2.51. The van der Waals surface area contributed by atoms with E-state index in [1.165, 1.54) is 6.07 Å². The molecule has 0 amide bonds. The number of hydrogen-bond acceptors (Lipinski definition) is 3. The van der Waals surface area contributed by atoms with Crippen LogP contribution in [0.25, 0.3) is 10.2 Å². The van der Waals surface area contributed by atoms with Gasteiger partial charge in [-0.15, -0.1) is 11.3 Å². The van der Waals surface area contributed by atoms with E-state index in [9.17, 15) is 17.6 Å². The normalized spacial score (nSPS) is 12.9. The molecule has 0 aliphatic heterocycles. The second kappa shape index (κ2) is 5.44. The number of benzene rings is 1. The molecule has 1 aromatic carbocycles. The molecule has 7 heteroatoms. The van der Waals surface area contributed by atoms with Gasteiger partial charge in [-0.2, -0.15) is 13.2 Å². The average molecular weight is 321 g/mol. The molecule has 116 valence electrons. The lowest BCUT2D eigenvalue weighted by atomic mass is 9.93. The number of alkyl halides is 3. The van der Waals surface area contributed by atoms with Gasteiger partial charge in [0.05, 0.1) is 11.3 Å². The van der Waals surface area contributed by atoms with E-state index in [4.69, 9.17) is 4.74 Å². The van der Waals surface area contributed by atoms with Crippen molar-refractivity contribution in [2.45, 2.75) is 33.4 Å². The predicted molar refractivity (Wildman–Crippen MR) is 74.1 cm³/mol. The first-order chi connectivity index (χ1) is 9.58. The zero-order chi connectivity index (χ0) is 15.8. The molecule has 0 N–H and O–H groups in total. The monoisotopic (exact) mass is 321 g/mol. The van der Waals surface area contributed by atoms with Gasteiger partial charge in [-0.05, 0) is 24.0 Å². The maximum atomic E-state index is 13.6. The molecule has 2 aromatic rings. The summed E-state index contributed by atoms with van der Waals surface area (Å²) < 4.78 is 57.0. The van der Waals surface area contributed by atoms with Gasteiger partial charge in [0.1, 0.15) is 17.1 Å². The summed E-state index contributed by atoms with van der Waals surface area (Å²) in [6.45, 7) is 6.42. The van der Waals surface area contributed by atoms with Crippen molar-refractivity contribution in [2.75, 3.05) is 6.61 Å². The summed E-state index contributed by atoms with van der Waals surface area (Å²) >= 11 is 0.293. The fourth-order valence-electron chi connectivity index (χ4n) is 1.66. The number of thiazole rings is 1. The van der Waals surface area contributed by atoms with E-state index in [2.05, 4.69) is 4.98 Å².